The van der Waals surface area contributed by atoms with Crippen LogP contribution >= 0.6 is 31.9 Å². The van der Waals surface area contributed by atoms with E-state index in [4.69, 9.17) is 0 Å². The third kappa shape index (κ3) is 3.16. The average Bonchev–Trinajstić information content (AvgIpc) is 2.86. The van der Waals surface area contributed by atoms with Crippen LogP contribution in [0.1, 0.15) is 32.7 Å². The number of aromatic nitrogens is 2. The lowest BCUT2D eigenvalue weighted by Gasteiger charge is -2.25. The van der Waals surface area contributed by atoms with Gasteiger partial charge in [0.1, 0.15) is 4.47 Å². The summed E-state index contributed by atoms with van der Waals surface area (Å²) in [6.07, 6.45) is 2.17. The molecule has 0 aliphatic carbocycles. The molecule has 1 atom stereocenters. The molecule has 0 amide bonds. The van der Waals surface area contributed by atoms with Crippen LogP contribution in [-0.4, -0.2) is 33.6 Å². The highest BCUT2D eigenvalue weighted by atomic mass is 79.9. The van der Waals surface area contributed by atoms with Crippen molar-refractivity contribution in [2.24, 2.45) is 0 Å². The van der Waals surface area contributed by atoms with Crippen LogP contribution in [0.2, 0.25) is 0 Å². The molecule has 7 nitrogen and oxygen atoms in total. The first kappa shape index (κ1) is 17.6. The molecule has 0 spiro atoms. The summed E-state index contributed by atoms with van der Waals surface area (Å²) in [4.78, 5) is 15.7. The number of anilines is 1. The number of benzene rings is 1. The third-order valence-corrected chi connectivity index (χ3v) is 6.14. The number of nitrogens with one attached hydrogen (secondary N) is 2. The molecule has 0 unspecified atom stereocenters. The van der Waals surface area contributed by atoms with Gasteiger partial charge in [-0.15, -0.1) is 0 Å². The van der Waals surface area contributed by atoms with Gasteiger partial charge in [0, 0.05) is 23.1 Å². The Hall–Kier alpha value is -1.19. The molecule has 2 heterocycles. The molecular formula is C15H19Br2N5O2. The molecule has 0 radical (unpaired) electrons. The van der Waals surface area contributed by atoms with E-state index < -0.39 is 0 Å². The molecule has 130 valence electrons. The first-order valence-electron chi connectivity index (χ1n) is 7.91. The summed E-state index contributed by atoms with van der Waals surface area (Å²) < 4.78 is 3.09. The molecule has 0 saturated carbocycles. The first-order chi connectivity index (χ1) is 11.4. The minimum absolute atomic E-state index is 0.0106. The minimum Gasteiger partial charge on any atom is -0.352 e. The van der Waals surface area contributed by atoms with Crippen molar-refractivity contribution in [3.63, 3.8) is 0 Å². The number of hydrogen-bond acceptors (Lipinski definition) is 5. The fourth-order valence-electron chi connectivity index (χ4n) is 3.11. The summed E-state index contributed by atoms with van der Waals surface area (Å²) in [5.74, 6) is 0.682. The van der Waals surface area contributed by atoms with Crippen molar-refractivity contribution in [3.05, 3.63) is 25.1 Å². The van der Waals surface area contributed by atoms with E-state index in [1.807, 2.05) is 24.5 Å². The topological polar surface area (TPSA) is 85.0 Å². The number of nitro benzene ring substituents is 1. The molecular weight excluding hydrogens is 442 g/mol. The monoisotopic (exact) mass is 459 g/mol. The maximum atomic E-state index is 11.5. The van der Waals surface area contributed by atoms with Crippen LogP contribution in [-0.2, 0) is 0 Å². The van der Waals surface area contributed by atoms with Gasteiger partial charge in [0.15, 0.2) is 5.52 Å². The van der Waals surface area contributed by atoms with E-state index >= 15 is 0 Å². The van der Waals surface area contributed by atoms with Gasteiger partial charge in [-0.05, 0) is 71.2 Å². The summed E-state index contributed by atoms with van der Waals surface area (Å²) in [5.41, 5.74) is 1.14. The van der Waals surface area contributed by atoms with E-state index in [2.05, 4.69) is 47.5 Å². The van der Waals surface area contributed by atoms with Crippen LogP contribution < -0.4 is 10.6 Å². The molecule has 2 N–H and O–H groups in total. The van der Waals surface area contributed by atoms with Gasteiger partial charge in [0.25, 0.3) is 0 Å². The van der Waals surface area contributed by atoms with E-state index in [-0.39, 0.29) is 22.7 Å². The zero-order valence-corrected chi connectivity index (χ0v) is 16.6. The van der Waals surface area contributed by atoms with Crippen molar-refractivity contribution in [2.45, 2.75) is 38.8 Å². The lowest BCUT2D eigenvalue weighted by molar-refractivity contribution is -0.384. The van der Waals surface area contributed by atoms with E-state index in [1.54, 1.807) is 0 Å². The van der Waals surface area contributed by atoms with Gasteiger partial charge < -0.3 is 15.2 Å². The van der Waals surface area contributed by atoms with Crippen molar-refractivity contribution in [1.29, 1.82) is 0 Å². The van der Waals surface area contributed by atoms with Crippen molar-refractivity contribution in [2.75, 3.05) is 18.4 Å². The predicted molar refractivity (Wildman–Crippen MR) is 102 cm³/mol. The molecule has 1 aromatic heterocycles. The van der Waals surface area contributed by atoms with Crippen LogP contribution in [0, 0.1) is 10.1 Å². The Labute approximate surface area is 156 Å². The van der Waals surface area contributed by atoms with E-state index in [0.717, 1.165) is 31.4 Å². The molecule has 0 bridgehead atoms. The van der Waals surface area contributed by atoms with Crippen LogP contribution in [0.4, 0.5) is 11.6 Å². The molecule has 1 saturated heterocycles. The Kier molecular flexibility index (Phi) is 5.12. The zero-order chi connectivity index (χ0) is 17.4. The highest BCUT2D eigenvalue weighted by molar-refractivity contribution is 9.13. The van der Waals surface area contributed by atoms with Crippen LogP contribution in [0.3, 0.4) is 0 Å². The molecule has 9 heteroatoms. The number of nitrogens with zero attached hydrogens (tertiary/aromatic N) is 3. The molecule has 1 aliphatic rings. The second-order valence-corrected chi connectivity index (χ2v) is 7.88. The van der Waals surface area contributed by atoms with Crippen LogP contribution in [0.25, 0.3) is 11.0 Å². The standard InChI is InChI=1S/C15H19Br2N5O2/c1-8(2)21-11-6-10(16)12(17)14(22(23)24)13(11)20-15(21)19-9-4-3-5-18-7-9/h6,8-9,18H,3-5,7H2,1-2H3,(H,19,20)/t9-/m1/s1. The Morgan fingerprint density at radius 3 is 2.83 bits per heavy atom. The molecule has 2 aromatic rings. The lowest BCUT2D eigenvalue weighted by Crippen LogP contribution is -2.39. The van der Waals surface area contributed by atoms with Gasteiger partial charge in [-0.3, -0.25) is 10.1 Å². The van der Waals surface area contributed by atoms with Crippen LogP contribution in [0.5, 0.6) is 0 Å². The smallest absolute Gasteiger partial charge is 0.312 e. The predicted octanol–water partition coefficient (Wildman–Crippen LogP) is 4.21. The molecule has 1 aromatic carbocycles. The van der Waals surface area contributed by atoms with Crippen molar-refractivity contribution < 1.29 is 4.92 Å². The van der Waals surface area contributed by atoms with Crippen molar-refractivity contribution in [3.8, 4) is 0 Å². The lowest BCUT2D eigenvalue weighted by atomic mass is 10.1. The Morgan fingerprint density at radius 1 is 1.50 bits per heavy atom. The summed E-state index contributed by atoms with van der Waals surface area (Å²) in [7, 11) is 0. The van der Waals surface area contributed by atoms with Gasteiger partial charge in [-0.2, -0.15) is 0 Å². The SMILES string of the molecule is CC(C)n1c(N[C@@H]2CCCNC2)nc2c([N+](=O)[O-])c(Br)c(Br)cc21. The number of imidazole rings is 1. The largest absolute Gasteiger partial charge is 0.352 e. The second-order valence-electron chi connectivity index (χ2n) is 6.23. The Balaban J connectivity index is 2.16. The van der Waals surface area contributed by atoms with Gasteiger partial charge in [-0.25, -0.2) is 4.98 Å². The molecule has 1 fully saturated rings. The second kappa shape index (κ2) is 6.97. The highest BCUT2D eigenvalue weighted by Crippen LogP contribution is 2.40. The number of hydrogen-bond donors (Lipinski definition) is 2. The van der Waals surface area contributed by atoms with Crippen molar-refractivity contribution in [1.82, 2.24) is 14.9 Å². The summed E-state index contributed by atoms with van der Waals surface area (Å²) in [5, 5.41) is 18.4. The van der Waals surface area contributed by atoms with Crippen LogP contribution in [0.15, 0.2) is 15.0 Å². The first-order valence-corrected chi connectivity index (χ1v) is 9.50. The van der Waals surface area contributed by atoms with E-state index in [9.17, 15) is 10.1 Å². The molecule has 24 heavy (non-hydrogen) atoms. The summed E-state index contributed by atoms with van der Waals surface area (Å²) in [6, 6.07) is 2.28. The van der Waals surface area contributed by atoms with Gasteiger partial charge >= 0.3 is 5.69 Å². The number of nitro groups is 1. The van der Waals surface area contributed by atoms with E-state index in [0.29, 0.717) is 20.4 Å². The Morgan fingerprint density at radius 2 is 2.25 bits per heavy atom. The summed E-state index contributed by atoms with van der Waals surface area (Å²) >= 11 is 6.71. The molecule has 3 rings (SSSR count). The quantitative estimate of drug-likeness (QED) is 0.527. The Bertz CT molecular complexity index is 784. The fourth-order valence-corrected chi connectivity index (χ4v) is 3.96. The molecule has 1 aliphatic heterocycles. The number of fused-ring (bicyclic) bond motifs is 1. The number of halogens is 2. The summed E-state index contributed by atoms with van der Waals surface area (Å²) in [6.45, 7) is 6.00. The fraction of sp³-hybridized carbons (Fsp3) is 0.533. The van der Waals surface area contributed by atoms with Gasteiger partial charge in [-0.1, -0.05) is 0 Å². The maximum absolute atomic E-state index is 11.5. The van der Waals surface area contributed by atoms with Crippen molar-refractivity contribution >= 4 is 54.5 Å². The zero-order valence-electron chi connectivity index (χ0n) is 13.5. The van der Waals surface area contributed by atoms with E-state index in [1.165, 1.54) is 0 Å². The number of piperidine rings is 1. The number of rotatable bonds is 4. The minimum atomic E-state index is -0.388. The third-order valence-electron chi connectivity index (χ3n) is 4.18. The average molecular weight is 461 g/mol. The van der Waals surface area contributed by atoms with Gasteiger partial charge in [0.2, 0.25) is 5.95 Å². The van der Waals surface area contributed by atoms with Gasteiger partial charge in [0.05, 0.1) is 10.4 Å². The highest BCUT2D eigenvalue weighted by Gasteiger charge is 2.27. The maximum Gasteiger partial charge on any atom is 0.312 e. The normalized spacial score (nSPS) is 18.3.